The Kier molecular flexibility index (Phi) is 6.42. The lowest BCUT2D eigenvalue weighted by Crippen LogP contribution is -2.32. The van der Waals surface area contributed by atoms with Crippen LogP contribution in [0.3, 0.4) is 0 Å². The summed E-state index contributed by atoms with van der Waals surface area (Å²) in [7, 11) is 0. The van der Waals surface area contributed by atoms with Gasteiger partial charge in [0.05, 0.1) is 21.3 Å². The third-order valence-corrected chi connectivity index (χ3v) is 12.7. The minimum absolute atomic E-state index is 0.602. The van der Waals surface area contributed by atoms with Crippen LogP contribution in [0.4, 0.5) is 0 Å². The highest BCUT2D eigenvalue weighted by Crippen LogP contribution is 2.63. The molecule has 2 aliphatic rings. The van der Waals surface area contributed by atoms with Crippen LogP contribution < -0.4 is 4.74 Å². The average molecular weight is 719 g/mol. The van der Waals surface area contributed by atoms with E-state index in [1.54, 1.807) is 11.3 Å². The number of para-hydroxylation sites is 1. The summed E-state index contributed by atoms with van der Waals surface area (Å²) in [5.74, 6) is 2.48. The van der Waals surface area contributed by atoms with Gasteiger partial charge in [0.15, 0.2) is 5.82 Å². The second-order valence-corrected chi connectivity index (χ2v) is 15.5. The lowest BCUT2D eigenvalue weighted by molar-refractivity contribution is 0.436. The topological polar surface area (TPSA) is 35.0 Å². The van der Waals surface area contributed by atoms with Gasteiger partial charge in [0.25, 0.3) is 0 Å². The highest BCUT2D eigenvalue weighted by atomic mass is 32.1. The number of fused-ring (bicyclic) bond motifs is 13. The standard InChI is InChI=1S/C51H30N2OS/c1-2-13-31(14-3-1)34-27-28-41-44(30-34)54-43-23-10-9-21-40(43)51(41)39-20-8-6-17-36(39)46-38(19-12-22-42(46)51)48-49-47(37-18-7-11-24-45(37)55-49)52-50(53-48)35-26-25-32-15-4-5-16-33(32)29-35/h1-30H. The Balaban J connectivity index is 1.17. The van der Waals surface area contributed by atoms with E-state index in [9.17, 15) is 0 Å². The van der Waals surface area contributed by atoms with Crippen molar-refractivity contribution in [1.29, 1.82) is 0 Å². The molecule has 1 spiro atoms. The number of aromatic nitrogens is 2. The fourth-order valence-corrected chi connectivity index (χ4v) is 10.3. The van der Waals surface area contributed by atoms with Crippen molar-refractivity contribution < 1.29 is 4.74 Å². The van der Waals surface area contributed by atoms with Crippen LogP contribution in [0.2, 0.25) is 0 Å². The third kappa shape index (κ3) is 4.31. The van der Waals surface area contributed by atoms with Crippen molar-refractivity contribution in [3.8, 4) is 56.4 Å². The van der Waals surface area contributed by atoms with Crippen molar-refractivity contribution in [3.63, 3.8) is 0 Å². The SMILES string of the molecule is c1ccc(-c2ccc3c(c2)Oc2ccccc2C32c3ccccc3-c3c(-c4nc(-c5ccc6ccccc6c5)nc5c4sc4ccccc45)cccc32)cc1. The maximum atomic E-state index is 6.84. The quantitative estimate of drug-likeness (QED) is 0.182. The second kappa shape index (κ2) is 11.6. The Labute approximate surface area is 321 Å². The van der Waals surface area contributed by atoms with E-state index in [1.807, 2.05) is 0 Å². The third-order valence-electron chi connectivity index (χ3n) is 11.6. The van der Waals surface area contributed by atoms with Crippen LogP contribution in [0.25, 0.3) is 76.0 Å². The van der Waals surface area contributed by atoms with Crippen molar-refractivity contribution in [1.82, 2.24) is 9.97 Å². The van der Waals surface area contributed by atoms with Gasteiger partial charge in [0.1, 0.15) is 11.5 Å². The molecule has 8 aromatic carbocycles. The summed E-state index contributed by atoms with van der Waals surface area (Å²) < 4.78 is 9.14. The Bertz CT molecular complexity index is 3200. The zero-order valence-electron chi connectivity index (χ0n) is 29.5. The van der Waals surface area contributed by atoms with Gasteiger partial charge in [-0.15, -0.1) is 11.3 Å². The molecule has 10 aromatic rings. The van der Waals surface area contributed by atoms with Crippen molar-refractivity contribution in [2.24, 2.45) is 0 Å². The smallest absolute Gasteiger partial charge is 0.160 e. The molecule has 2 aromatic heterocycles. The van der Waals surface area contributed by atoms with E-state index >= 15 is 0 Å². The van der Waals surface area contributed by atoms with Gasteiger partial charge in [-0.1, -0.05) is 158 Å². The second-order valence-electron chi connectivity index (χ2n) is 14.4. The van der Waals surface area contributed by atoms with Gasteiger partial charge in [-0.05, 0) is 68.4 Å². The van der Waals surface area contributed by atoms with Crippen LogP contribution in [0.1, 0.15) is 22.3 Å². The number of thiophene rings is 1. The largest absolute Gasteiger partial charge is 0.457 e. The highest BCUT2D eigenvalue weighted by molar-refractivity contribution is 7.26. The number of nitrogens with zero attached hydrogens (tertiary/aromatic N) is 2. The Morgan fingerprint density at radius 2 is 1.16 bits per heavy atom. The minimum atomic E-state index is -0.602. The van der Waals surface area contributed by atoms with Crippen molar-refractivity contribution >= 4 is 42.4 Å². The molecule has 55 heavy (non-hydrogen) atoms. The molecule has 1 aliphatic heterocycles. The summed E-state index contributed by atoms with van der Waals surface area (Å²) in [5.41, 5.74) is 12.9. The predicted octanol–water partition coefficient (Wildman–Crippen LogP) is 13.5. The molecule has 12 rings (SSSR count). The maximum absolute atomic E-state index is 6.84. The van der Waals surface area contributed by atoms with Gasteiger partial charge in [-0.25, -0.2) is 9.97 Å². The first-order chi connectivity index (χ1) is 27.3. The molecule has 0 fully saturated rings. The Hall–Kier alpha value is -6.88. The monoisotopic (exact) mass is 718 g/mol. The van der Waals surface area contributed by atoms with Crippen molar-refractivity contribution in [2.45, 2.75) is 5.41 Å². The summed E-state index contributed by atoms with van der Waals surface area (Å²) in [4.78, 5) is 10.9. The van der Waals surface area contributed by atoms with E-state index < -0.39 is 5.41 Å². The summed E-state index contributed by atoms with van der Waals surface area (Å²) in [6.07, 6.45) is 0. The molecule has 0 saturated carbocycles. The van der Waals surface area contributed by atoms with E-state index in [0.717, 1.165) is 72.0 Å². The molecule has 0 amide bonds. The van der Waals surface area contributed by atoms with Gasteiger partial charge in [0.2, 0.25) is 0 Å². The van der Waals surface area contributed by atoms with E-state index in [-0.39, 0.29) is 0 Å². The lowest BCUT2D eigenvalue weighted by Gasteiger charge is -2.39. The molecule has 1 aliphatic carbocycles. The molecule has 0 N–H and O–H groups in total. The molecule has 1 atom stereocenters. The summed E-state index contributed by atoms with van der Waals surface area (Å²) in [5, 5.41) is 3.52. The maximum Gasteiger partial charge on any atom is 0.160 e. The summed E-state index contributed by atoms with van der Waals surface area (Å²) >= 11 is 1.78. The predicted molar refractivity (Wildman–Crippen MR) is 226 cm³/mol. The van der Waals surface area contributed by atoms with Gasteiger partial charge in [-0.3, -0.25) is 0 Å². The molecule has 3 heterocycles. The zero-order chi connectivity index (χ0) is 36.1. The van der Waals surface area contributed by atoms with Crippen LogP contribution in [0.5, 0.6) is 11.5 Å². The summed E-state index contributed by atoms with van der Waals surface area (Å²) in [6, 6.07) is 65.2. The zero-order valence-corrected chi connectivity index (χ0v) is 30.3. The van der Waals surface area contributed by atoms with Crippen LogP contribution in [0, 0.1) is 0 Å². The molecule has 0 saturated heterocycles. The molecule has 0 radical (unpaired) electrons. The molecule has 0 bridgehead atoms. The first kappa shape index (κ1) is 30.6. The van der Waals surface area contributed by atoms with Crippen molar-refractivity contribution in [2.75, 3.05) is 0 Å². The minimum Gasteiger partial charge on any atom is -0.457 e. The molecular formula is C51H30N2OS. The van der Waals surface area contributed by atoms with Gasteiger partial charge >= 0.3 is 0 Å². The first-order valence-corrected chi connectivity index (χ1v) is 19.5. The molecule has 256 valence electrons. The fourth-order valence-electron chi connectivity index (χ4n) is 9.19. The Morgan fingerprint density at radius 1 is 0.455 bits per heavy atom. The normalized spacial score (nSPS) is 15.1. The van der Waals surface area contributed by atoms with Gasteiger partial charge < -0.3 is 4.74 Å². The first-order valence-electron chi connectivity index (χ1n) is 18.7. The van der Waals surface area contributed by atoms with Crippen LogP contribution in [-0.2, 0) is 5.41 Å². The van der Waals surface area contributed by atoms with Gasteiger partial charge in [-0.2, -0.15) is 0 Å². The number of benzene rings is 8. The number of hydrogen-bond acceptors (Lipinski definition) is 4. The van der Waals surface area contributed by atoms with Crippen LogP contribution in [0.15, 0.2) is 182 Å². The summed E-state index contributed by atoms with van der Waals surface area (Å²) in [6.45, 7) is 0. The number of hydrogen-bond donors (Lipinski definition) is 0. The lowest BCUT2D eigenvalue weighted by atomic mass is 9.66. The van der Waals surface area contributed by atoms with E-state index in [4.69, 9.17) is 14.7 Å². The highest BCUT2D eigenvalue weighted by Gasteiger charge is 2.51. The molecule has 3 nitrogen and oxygen atoms in total. The van der Waals surface area contributed by atoms with Crippen molar-refractivity contribution in [3.05, 3.63) is 204 Å². The molecular weight excluding hydrogens is 689 g/mol. The molecule has 4 heteroatoms. The van der Waals surface area contributed by atoms with E-state index in [2.05, 4.69) is 182 Å². The van der Waals surface area contributed by atoms with E-state index in [0.29, 0.717) is 0 Å². The van der Waals surface area contributed by atoms with Crippen LogP contribution >= 0.6 is 11.3 Å². The average Bonchev–Trinajstić information content (AvgIpc) is 3.77. The Morgan fingerprint density at radius 3 is 2.09 bits per heavy atom. The molecule has 1 unspecified atom stereocenters. The fraction of sp³-hybridized carbons (Fsp3) is 0.0196. The van der Waals surface area contributed by atoms with Gasteiger partial charge in [0, 0.05) is 32.3 Å². The number of rotatable bonds is 3. The van der Waals surface area contributed by atoms with Crippen LogP contribution in [-0.4, -0.2) is 9.97 Å². The van der Waals surface area contributed by atoms with E-state index in [1.165, 1.54) is 37.7 Å². The number of ether oxygens (including phenoxy) is 1.